The van der Waals surface area contributed by atoms with E-state index in [0.717, 1.165) is 37.3 Å². The molecule has 1 aromatic carbocycles. The first kappa shape index (κ1) is 16.6. The van der Waals surface area contributed by atoms with Crippen LogP contribution in [0.2, 0.25) is 0 Å². The van der Waals surface area contributed by atoms with E-state index in [-0.39, 0.29) is 11.8 Å². The second-order valence-electron chi connectivity index (χ2n) is 6.63. The first-order valence-electron chi connectivity index (χ1n) is 8.43. The molecule has 128 valence electrons. The third-order valence-electron chi connectivity index (χ3n) is 4.26. The third-order valence-corrected chi connectivity index (χ3v) is 4.26. The molecule has 0 atom stereocenters. The van der Waals surface area contributed by atoms with Gasteiger partial charge in [0, 0.05) is 37.7 Å². The molecule has 1 amide bonds. The number of amides is 1. The second kappa shape index (κ2) is 7.13. The number of carbonyl (C=O) groups is 1. The van der Waals surface area contributed by atoms with Crippen molar-refractivity contribution in [1.29, 1.82) is 0 Å². The maximum absolute atomic E-state index is 12.6. The molecule has 1 aliphatic rings. The standard InChI is InChI=1S/C18H24N4O2/c1-13(2)17-20-19-16(24-17)12-21-7-9-22(10-8-21)18(23)15-6-4-5-14(3)11-15/h4-6,11,13H,7-10,12H2,1-3H3. The summed E-state index contributed by atoms with van der Waals surface area (Å²) in [5.74, 6) is 1.68. The maximum Gasteiger partial charge on any atom is 0.253 e. The van der Waals surface area contributed by atoms with E-state index in [4.69, 9.17) is 4.42 Å². The molecule has 0 radical (unpaired) electrons. The zero-order chi connectivity index (χ0) is 17.1. The monoisotopic (exact) mass is 328 g/mol. The molecule has 0 N–H and O–H groups in total. The predicted molar refractivity (Wildman–Crippen MR) is 90.7 cm³/mol. The summed E-state index contributed by atoms with van der Waals surface area (Å²) >= 11 is 0. The molecule has 1 saturated heterocycles. The van der Waals surface area contributed by atoms with Crippen molar-refractivity contribution in [3.05, 3.63) is 47.2 Å². The van der Waals surface area contributed by atoms with E-state index in [1.807, 2.05) is 49.9 Å². The first-order valence-corrected chi connectivity index (χ1v) is 8.43. The molecular formula is C18H24N4O2. The van der Waals surface area contributed by atoms with Crippen molar-refractivity contribution in [2.45, 2.75) is 33.2 Å². The minimum Gasteiger partial charge on any atom is -0.424 e. The quantitative estimate of drug-likeness (QED) is 0.863. The lowest BCUT2D eigenvalue weighted by molar-refractivity contribution is 0.0617. The summed E-state index contributed by atoms with van der Waals surface area (Å²) in [5, 5.41) is 8.17. The number of nitrogens with zero attached hydrogens (tertiary/aromatic N) is 4. The van der Waals surface area contributed by atoms with E-state index in [2.05, 4.69) is 15.1 Å². The molecule has 1 aliphatic heterocycles. The summed E-state index contributed by atoms with van der Waals surface area (Å²) in [5.41, 5.74) is 1.87. The van der Waals surface area contributed by atoms with Crippen LogP contribution in [-0.4, -0.2) is 52.1 Å². The number of benzene rings is 1. The van der Waals surface area contributed by atoms with Crippen LogP contribution in [0.5, 0.6) is 0 Å². The number of aryl methyl sites for hydroxylation is 1. The zero-order valence-corrected chi connectivity index (χ0v) is 14.5. The summed E-state index contributed by atoms with van der Waals surface area (Å²) in [6.07, 6.45) is 0. The number of carbonyl (C=O) groups excluding carboxylic acids is 1. The van der Waals surface area contributed by atoms with Gasteiger partial charge in [0.1, 0.15) is 0 Å². The highest BCUT2D eigenvalue weighted by Crippen LogP contribution is 2.15. The molecule has 0 aliphatic carbocycles. The fourth-order valence-electron chi connectivity index (χ4n) is 2.82. The fourth-order valence-corrected chi connectivity index (χ4v) is 2.82. The molecule has 6 heteroatoms. The van der Waals surface area contributed by atoms with Gasteiger partial charge in [0.2, 0.25) is 11.8 Å². The molecule has 6 nitrogen and oxygen atoms in total. The predicted octanol–water partition coefficient (Wildman–Crippen LogP) is 2.46. The number of aromatic nitrogens is 2. The van der Waals surface area contributed by atoms with Crippen molar-refractivity contribution in [3.8, 4) is 0 Å². The van der Waals surface area contributed by atoms with Gasteiger partial charge in [-0.15, -0.1) is 10.2 Å². The number of rotatable bonds is 4. The number of piperazine rings is 1. The highest BCUT2D eigenvalue weighted by Gasteiger charge is 2.23. The molecule has 0 spiro atoms. The minimum atomic E-state index is 0.109. The van der Waals surface area contributed by atoms with E-state index in [1.54, 1.807) is 0 Å². The van der Waals surface area contributed by atoms with Gasteiger partial charge in [-0.1, -0.05) is 31.5 Å². The van der Waals surface area contributed by atoms with Crippen molar-refractivity contribution in [3.63, 3.8) is 0 Å². The van der Waals surface area contributed by atoms with E-state index >= 15 is 0 Å². The van der Waals surface area contributed by atoms with E-state index in [1.165, 1.54) is 0 Å². The van der Waals surface area contributed by atoms with Gasteiger partial charge in [-0.25, -0.2) is 0 Å². The van der Waals surface area contributed by atoms with Crippen LogP contribution in [0.25, 0.3) is 0 Å². The Labute approximate surface area is 142 Å². The van der Waals surface area contributed by atoms with E-state index in [0.29, 0.717) is 18.3 Å². The van der Waals surface area contributed by atoms with E-state index < -0.39 is 0 Å². The molecule has 0 bridgehead atoms. The van der Waals surface area contributed by atoms with Crippen LogP contribution < -0.4 is 0 Å². The molecular weight excluding hydrogens is 304 g/mol. The van der Waals surface area contributed by atoms with Gasteiger partial charge in [-0.2, -0.15) is 0 Å². The summed E-state index contributed by atoms with van der Waals surface area (Å²) < 4.78 is 5.66. The third kappa shape index (κ3) is 3.82. The molecule has 2 heterocycles. The smallest absolute Gasteiger partial charge is 0.253 e. The van der Waals surface area contributed by atoms with E-state index in [9.17, 15) is 4.79 Å². The normalized spacial score (nSPS) is 15.9. The van der Waals surface area contributed by atoms with Crippen LogP contribution in [0, 0.1) is 6.92 Å². The Balaban J connectivity index is 1.54. The Morgan fingerprint density at radius 2 is 1.96 bits per heavy atom. The Kier molecular flexibility index (Phi) is 4.94. The average molecular weight is 328 g/mol. The zero-order valence-electron chi connectivity index (χ0n) is 14.5. The van der Waals surface area contributed by atoms with Crippen LogP contribution in [-0.2, 0) is 6.54 Å². The molecule has 0 saturated carbocycles. The topological polar surface area (TPSA) is 62.5 Å². The Bertz CT molecular complexity index is 703. The van der Waals surface area contributed by atoms with Crippen LogP contribution in [0.3, 0.4) is 0 Å². The largest absolute Gasteiger partial charge is 0.424 e. The van der Waals surface area contributed by atoms with Gasteiger partial charge in [0.05, 0.1) is 6.54 Å². The Morgan fingerprint density at radius 3 is 2.58 bits per heavy atom. The summed E-state index contributed by atoms with van der Waals surface area (Å²) in [6, 6.07) is 7.76. The van der Waals surface area contributed by atoms with Crippen molar-refractivity contribution < 1.29 is 9.21 Å². The molecule has 2 aromatic rings. The van der Waals surface area contributed by atoms with Gasteiger partial charge in [0.15, 0.2) is 0 Å². The number of hydrogen-bond donors (Lipinski definition) is 0. The molecule has 0 unspecified atom stereocenters. The van der Waals surface area contributed by atoms with Crippen LogP contribution in [0.1, 0.15) is 47.5 Å². The lowest BCUT2D eigenvalue weighted by Crippen LogP contribution is -2.48. The second-order valence-corrected chi connectivity index (χ2v) is 6.63. The van der Waals surface area contributed by atoms with Crippen LogP contribution in [0.15, 0.2) is 28.7 Å². The lowest BCUT2D eigenvalue weighted by atomic mass is 10.1. The summed E-state index contributed by atoms with van der Waals surface area (Å²) in [6.45, 7) is 9.79. The maximum atomic E-state index is 12.6. The highest BCUT2D eigenvalue weighted by atomic mass is 16.4. The Hall–Kier alpha value is -2.21. The summed E-state index contributed by atoms with van der Waals surface area (Å²) in [4.78, 5) is 16.7. The number of hydrogen-bond acceptors (Lipinski definition) is 5. The van der Waals surface area contributed by atoms with Gasteiger partial charge < -0.3 is 9.32 Å². The molecule has 1 fully saturated rings. The lowest BCUT2D eigenvalue weighted by Gasteiger charge is -2.34. The van der Waals surface area contributed by atoms with Crippen molar-refractivity contribution in [1.82, 2.24) is 20.0 Å². The summed E-state index contributed by atoms with van der Waals surface area (Å²) in [7, 11) is 0. The molecule has 1 aromatic heterocycles. The van der Waals surface area contributed by atoms with Crippen LogP contribution >= 0.6 is 0 Å². The highest BCUT2D eigenvalue weighted by molar-refractivity contribution is 5.94. The van der Waals surface area contributed by atoms with Crippen LogP contribution in [0.4, 0.5) is 0 Å². The molecule has 3 rings (SSSR count). The van der Waals surface area contributed by atoms with Gasteiger partial charge in [-0.05, 0) is 19.1 Å². The van der Waals surface area contributed by atoms with Crippen molar-refractivity contribution >= 4 is 5.91 Å². The van der Waals surface area contributed by atoms with Gasteiger partial charge in [-0.3, -0.25) is 9.69 Å². The van der Waals surface area contributed by atoms with Gasteiger partial charge >= 0.3 is 0 Å². The average Bonchev–Trinajstić information content (AvgIpc) is 3.04. The first-order chi connectivity index (χ1) is 11.5. The Morgan fingerprint density at radius 1 is 1.21 bits per heavy atom. The fraction of sp³-hybridized carbons (Fsp3) is 0.500. The van der Waals surface area contributed by atoms with Crippen molar-refractivity contribution in [2.24, 2.45) is 0 Å². The van der Waals surface area contributed by atoms with Gasteiger partial charge in [0.25, 0.3) is 5.91 Å². The minimum absolute atomic E-state index is 0.109. The SMILES string of the molecule is Cc1cccc(C(=O)N2CCN(Cc3nnc(C(C)C)o3)CC2)c1. The van der Waals surface area contributed by atoms with Crippen molar-refractivity contribution in [2.75, 3.05) is 26.2 Å². The molecule has 24 heavy (non-hydrogen) atoms.